The van der Waals surface area contributed by atoms with Crippen LogP contribution in [-0.4, -0.2) is 27.2 Å². The summed E-state index contributed by atoms with van der Waals surface area (Å²) in [4.78, 5) is 16.4. The molecule has 0 aliphatic heterocycles. The molecule has 0 aliphatic carbocycles. The normalized spacial score (nSPS) is 10.8. The van der Waals surface area contributed by atoms with Crippen LogP contribution in [0.5, 0.6) is 0 Å². The van der Waals surface area contributed by atoms with Crippen molar-refractivity contribution in [3.8, 4) is 5.69 Å². The van der Waals surface area contributed by atoms with Gasteiger partial charge in [0, 0.05) is 29.6 Å². The van der Waals surface area contributed by atoms with Gasteiger partial charge in [-0.25, -0.2) is 9.67 Å². The number of carbonyl (C=O) groups excluding carboxylic acids is 1. The maximum absolute atomic E-state index is 12.2. The Labute approximate surface area is 145 Å². The van der Waals surface area contributed by atoms with Gasteiger partial charge in [-0.15, -0.1) is 11.3 Å². The third kappa shape index (κ3) is 3.71. The molecule has 0 unspecified atom stereocenters. The summed E-state index contributed by atoms with van der Waals surface area (Å²) < 4.78 is 1.90. The first-order valence-corrected chi connectivity index (χ1v) is 8.83. The van der Waals surface area contributed by atoms with Crippen molar-refractivity contribution in [2.45, 2.75) is 26.7 Å². The third-order valence-electron chi connectivity index (χ3n) is 3.97. The molecule has 0 atom stereocenters. The second-order valence-corrected chi connectivity index (χ2v) is 6.37. The number of para-hydroxylation sites is 1. The molecule has 24 heavy (non-hydrogen) atoms. The highest BCUT2D eigenvalue weighted by atomic mass is 32.1. The van der Waals surface area contributed by atoms with Gasteiger partial charge in [0.1, 0.15) is 0 Å². The lowest BCUT2D eigenvalue weighted by atomic mass is 10.1. The molecule has 0 saturated heterocycles. The minimum absolute atomic E-state index is 0.0176. The molecule has 0 spiro atoms. The fourth-order valence-corrected chi connectivity index (χ4v) is 3.26. The molecular weight excluding hydrogens is 320 g/mol. The van der Waals surface area contributed by atoms with Crippen molar-refractivity contribution in [1.29, 1.82) is 0 Å². The van der Waals surface area contributed by atoms with Crippen LogP contribution in [-0.2, 0) is 17.6 Å². The van der Waals surface area contributed by atoms with Crippen molar-refractivity contribution in [2.75, 3.05) is 6.54 Å². The van der Waals surface area contributed by atoms with E-state index in [0.29, 0.717) is 13.0 Å². The maximum Gasteiger partial charge on any atom is 0.224 e. The van der Waals surface area contributed by atoms with Crippen molar-refractivity contribution in [2.24, 2.45) is 0 Å². The molecule has 2 heterocycles. The van der Waals surface area contributed by atoms with E-state index >= 15 is 0 Å². The summed E-state index contributed by atoms with van der Waals surface area (Å²) in [6, 6.07) is 9.97. The predicted molar refractivity (Wildman–Crippen MR) is 95.6 cm³/mol. The van der Waals surface area contributed by atoms with Gasteiger partial charge in [0.25, 0.3) is 0 Å². The number of aromatic nitrogens is 3. The highest BCUT2D eigenvalue weighted by molar-refractivity contribution is 7.07. The van der Waals surface area contributed by atoms with Crippen LogP contribution in [0.25, 0.3) is 5.69 Å². The molecule has 0 aliphatic rings. The summed E-state index contributed by atoms with van der Waals surface area (Å²) in [6.45, 7) is 4.56. The predicted octanol–water partition coefficient (Wildman–Crippen LogP) is 2.85. The van der Waals surface area contributed by atoms with E-state index in [9.17, 15) is 4.79 Å². The SMILES string of the molecule is Cc1nn(-c2ccccc2)c(C)c1CC(=O)NCCc1cscn1. The molecule has 1 amide bonds. The van der Waals surface area contributed by atoms with Crippen LogP contribution >= 0.6 is 11.3 Å². The van der Waals surface area contributed by atoms with Gasteiger partial charge in [0.2, 0.25) is 5.91 Å². The van der Waals surface area contributed by atoms with Crippen molar-refractivity contribution in [1.82, 2.24) is 20.1 Å². The molecule has 1 N–H and O–H groups in total. The Morgan fingerprint density at radius 3 is 2.75 bits per heavy atom. The van der Waals surface area contributed by atoms with Gasteiger partial charge in [0.15, 0.2) is 0 Å². The first-order chi connectivity index (χ1) is 11.6. The zero-order chi connectivity index (χ0) is 16.9. The van der Waals surface area contributed by atoms with E-state index in [1.807, 2.05) is 59.8 Å². The summed E-state index contributed by atoms with van der Waals surface area (Å²) in [5, 5.41) is 9.55. The van der Waals surface area contributed by atoms with Gasteiger partial charge in [-0.2, -0.15) is 5.10 Å². The number of hydrogen-bond donors (Lipinski definition) is 1. The molecule has 1 aromatic carbocycles. The molecule has 0 bridgehead atoms. The van der Waals surface area contributed by atoms with Crippen LogP contribution in [0.1, 0.15) is 22.6 Å². The molecule has 0 fully saturated rings. The lowest BCUT2D eigenvalue weighted by Gasteiger charge is -2.06. The average molecular weight is 340 g/mol. The molecule has 3 rings (SSSR count). The minimum Gasteiger partial charge on any atom is -0.355 e. The van der Waals surface area contributed by atoms with E-state index in [1.165, 1.54) is 0 Å². The highest BCUT2D eigenvalue weighted by Crippen LogP contribution is 2.18. The number of benzene rings is 1. The Kier molecular flexibility index (Phi) is 5.05. The Hall–Kier alpha value is -2.47. The molecule has 0 radical (unpaired) electrons. The van der Waals surface area contributed by atoms with E-state index in [0.717, 1.165) is 34.8 Å². The summed E-state index contributed by atoms with van der Waals surface area (Å²) in [5.74, 6) is 0.0176. The van der Waals surface area contributed by atoms with Crippen LogP contribution < -0.4 is 5.32 Å². The smallest absolute Gasteiger partial charge is 0.224 e. The summed E-state index contributed by atoms with van der Waals surface area (Å²) in [5.41, 5.74) is 6.73. The van der Waals surface area contributed by atoms with Gasteiger partial charge in [-0.1, -0.05) is 18.2 Å². The fourth-order valence-electron chi connectivity index (χ4n) is 2.67. The third-order valence-corrected chi connectivity index (χ3v) is 4.60. The number of nitrogens with one attached hydrogen (secondary N) is 1. The number of carbonyl (C=O) groups is 1. The van der Waals surface area contributed by atoms with E-state index in [2.05, 4.69) is 15.4 Å². The lowest BCUT2D eigenvalue weighted by Crippen LogP contribution is -2.27. The highest BCUT2D eigenvalue weighted by Gasteiger charge is 2.15. The standard InChI is InChI=1S/C18H20N4OS/c1-13-17(10-18(23)19-9-8-15-11-24-12-20-15)14(2)22(21-13)16-6-4-3-5-7-16/h3-7,11-12H,8-10H2,1-2H3,(H,19,23). The Balaban J connectivity index is 1.64. The van der Waals surface area contributed by atoms with Crippen LogP contribution in [0, 0.1) is 13.8 Å². The number of thiazole rings is 1. The van der Waals surface area contributed by atoms with Crippen LogP contribution in [0.3, 0.4) is 0 Å². The first-order valence-electron chi connectivity index (χ1n) is 7.89. The number of hydrogen-bond acceptors (Lipinski definition) is 4. The second-order valence-electron chi connectivity index (χ2n) is 5.65. The van der Waals surface area contributed by atoms with Crippen molar-refractivity contribution in [3.63, 3.8) is 0 Å². The molecule has 124 valence electrons. The van der Waals surface area contributed by atoms with Crippen LogP contribution in [0.15, 0.2) is 41.2 Å². The molecule has 2 aromatic heterocycles. The molecule has 0 saturated carbocycles. The Bertz CT molecular complexity index is 809. The van der Waals surface area contributed by atoms with E-state index < -0.39 is 0 Å². The number of amides is 1. The monoisotopic (exact) mass is 340 g/mol. The first kappa shape index (κ1) is 16.4. The zero-order valence-corrected chi connectivity index (χ0v) is 14.6. The van der Waals surface area contributed by atoms with Crippen LogP contribution in [0.2, 0.25) is 0 Å². The number of nitrogens with zero attached hydrogens (tertiary/aromatic N) is 3. The summed E-state index contributed by atoms with van der Waals surface area (Å²) in [7, 11) is 0. The van der Waals surface area contributed by atoms with E-state index in [1.54, 1.807) is 11.3 Å². The molecule has 6 heteroatoms. The van der Waals surface area contributed by atoms with Gasteiger partial charge in [-0.05, 0) is 26.0 Å². The minimum atomic E-state index is 0.0176. The molecule has 5 nitrogen and oxygen atoms in total. The largest absolute Gasteiger partial charge is 0.355 e. The zero-order valence-electron chi connectivity index (χ0n) is 13.8. The average Bonchev–Trinajstić information content (AvgIpc) is 3.19. The summed E-state index contributed by atoms with van der Waals surface area (Å²) in [6.07, 6.45) is 1.11. The number of aryl methyl sites for hydroxylation is 1. The number of rotatable bonds is 6. The quantitative estimate of drug-likeness (QED) is 0.751. The van der Waals surface area contributed by atoms with E-state index in [-0.39, 0.29) is 5.91 Å². The van der Waals surface area contributed by atoms with Crippen molar-refractivity contribution in [3.05, 3.63) is 63.9 Å². The summed E-state index contributed by atoms with van der Waals surface area (Å²) >= 11 is 1.57. The second kappa shape index (κ2) is 7.40. The Morgan fingerprint density at radius 2 is 2.04 bits per heavy atom. The van der Waals surface area contributed by atoms with Crippen LogP contribution in [0.4, 0.5) is 0 Å². The van der Waals surface area contributed by atoms with E-state index in [4.69, 9.17) is 0 Å². The van der Waals surface area contributed by atoms with Gasteiger partial charge < -0.3 is 5.32 Å². The van der Waals surface area contributed by atoms with Crippen molar-refractivity contribution < 1.29 is 4.79 Å². The lowest BCUT2D eigenvalue weighted by molar-refractivity contribution is -0.120. The van der Waals surface area contributed by atoms with Gasteiger partial charge in [0.05, 0.1) is 29.0 Å². The van der Waals surface area contributed by atoms with Crippen molar-refractivity contribution >= 4 is 17.2 Å². The topological polar surface area (TPSA) is 59.8 Å². The molecular formula is C18H20N4OS. The Morgan fingerprint density at radius 1 is 1.25 bits per heavy atom. The fraction of sp³-hybridized carbons (Fsp3) is 0.278. The molecule has 3 aromatic rings. The van der Waals surface area contributed by atoms with Gasteiger partial charge >= 0.3 is 0 Å². The van der Waals surface area contributed by atoms with Gasteiger partial charge in [-0.3, -0.25) is 4.79 Å². The maximum atomic E-state index is 12.2.